The van der Waals surface area contributed by atoms with E-state index in [0.717, 1.165) is 11.3 Å². The maximum absolute atomic E-state index is 11.5. The van der Waals surface area contributed by atoms with Gasteiger partial charge in [-0.1, -0.05) is 0 Å². The zero-order chi connectivity index (χ0) is 13.5. The summed E-state index contributed by atoms with van der Waals surface area (Å²) in [4.78, 5) is 11.5. The Balaban J connectivity index is 2.76. The first-order valence-corrected chi connectivity index (χ1v) is 6.10. The van der Waals surface area contributed by atoms with Crippen molar-refractivity contribution in [2.24, 2.45) is 5.73 Å². The molecule has 0 atom stereocenters. The quantitative estimate of drug-likeness (QED) is 0.749. The second kappa shape index (κ2) is 6.86. The number of ether oxygens (including phenoxy) is 1. The van der Waals surface area contributed by atoms with Crippen LogP contribution in [0, 0.1) is 0 Å². The van der Waals surface area contributed by atoms with E-state index < -0.39 is 0 Å². The normalized spacial score (nSPS) is 10.3. The molecule has 0 radical (unpaired) electrons. The number of nitrogens with two attached hydrogens (primary N) is 1. The van der Waals surface area contributed by atoms with Crippen LogP contribution in [-0.2, 0) is 6.54 Å². The summed E-state index contributed by atoms with van der Waals surface area (Å²) >= 11 is 0. The van der Waals surface area contributed by atoms with Crippen LogP contribution in [0.5, 0.6) is 5.75 Å². The Bertz CT molecular complexity index is 405. The van der Waals surface area contributed by atoms with E-state index in [9.17, 15) is 4.79 Å². The molecule has 18 heavy (non-hydrogen) atoms. The highest BCUT2D eigenvalue weighted by atomic mass is 16.5. The van der Waals surface area contributed by atoms with Gasteiger partial charge in [0.15, 0.2) is 0 Å². The fraction of sp³-hybridized carbons (Fsp3) is 0.462. The van der Waals surface area contributed by atoms with Gasteiger partial charge in [-0.3, -0.25) is 0 Å². The minimum atomic E-state index is -0.225. The van der Waals surface area contributed by atoms with E-state index in [0.29, 0.717) is 18.8 Å². The van der Waals surface area contributed by atoms with Gasteiger partial charge in [0, 0.05) is 23.8 Å². The standard InChI is InChI=1S/C13H21N3O2/c1-4-18-12-6-5-11(7-10(12)8-14)16-13(17)15-9(2)3/h5-7,9H,4,8,14H2,1-3H3,(H2,15,16,17). The first-order valence-electron chi connectivity index (χ1n) is 6.10. The highest BCUT2D eigenvalue weighted by Crippen LogP contribution is 2.22. The molecule has 0 bridgehead atoms. The van der Waals surface area contributed by atoms with Crippen molar-refractivity contribution < 1.29 is 9.53 Å². The summed E-state index contributed by atoms with van der Waals surface area (Å²) in [5, 5.41) is 5.51. The molecule has 0 saturated heterocycles. The number of urea groups is 1. The van der Waals surface area contributed by atoms with Gasteiger partial charge >= 0.3 is 6.03 Å². The van der Waals surface area contributed by atoms with Gasteiger partial charge in [0.05, 0.1) is 6.61 Å². The molecule has 0 fully saturated rings. The second-order valence-corrected chi connectivity index (χ2v) is 4.21. The Morgan fingerprint density at radius 2 is 2.17 bits per heavy atom. The SMILES string of the molecule is CCOc1ccc(NC(=O)NC(C)C)cc1CN. The van der Waals surface area contributed by atoms with Crippen molar-refractivity contribution in [3.05, 3.63) is 23.8 Å². The van der Waals surface area contributed by atoms with Crippen LogP contribution in [0.15, 0.2) is 18.2 Å². The lowest BCUT2D eigenvalue weighted by atomic mass is 10.2. The zero-order valence-corrected chi connectivity index (χ0v) is 11.1. The van der Waals surface area contributed by atoms with Crippen LogP contribution >= 0.6 is 0 Å². The molecule has 0 heterocycles. The number of hydrogen-bond donors (Lipinski definition) is 3. The van der Waals surface area contributed by atoms with Crippen molar-refractivity contribution in [1.29, 1.82) is 0 Å². The maximum atomic E-state index is 11.5. The molecular formula is C13H21N3O2. The number of amides is 2. The van der Waals surface area contributed by atoms with Crippen molar-refractivity contribution in [2.75, 3.05) is 11.9 Å². The van der Waals surface area contributed by atoms with E-state index in [-0.39, 0.29) is 12.1 Å². The lowest BCUT2D eigenvalue weighted by molar-refractivity contribution is 0.250. The number of benzene rings is 1. The van der Waals surface area contributed by atoms with Gasteiger partial charge in [0.2, 0.25) is 0 Å². The Morgan fingerprint density at radius 3 is 2.72 bits per heavy atom. The van der Waals surface area contributed by atoms with E-state index in [1.807, 2.05) is 32.9 Å². The summed E-state index contributed by atoms with van der Waals surface area (Å²) in [5.41, 5.74) is 7.23. The Hall–Kier alpha value is -1.75. The van der Waals surface area contributed by atoms with Crippen LogP contribution in [0.2, 0.25) is 0 Å². The van der Waals surface area contributed by atoms with E-state index in [4.69, 9.17) is 10.5 Å². The van der Waals surface area contributed by atoms with Gasteiger partial charge in [0.25, 0.3) is 0 Å². The van der Waals surface area contributed by atoms with E-state index >= 15 is 0 Å². The molecule has 2 amide bonds. The number of carbonyl (C=O) groups is 1. The summed E-state index contributed by atoms with van der Waals surface area (Å²) in [6.45, 7) is 6.69. The lowest BCUT2D eigenvalue weighted by Crippen LogP contribution is -2.34. The number of rotatable bonds is 5. The highest BCUT2D eigenvalue weighted by Gasteiger charge is 2.07. The zero-order valence-electron chi connectivity index (χ0n) is 11.1. The third-order valence-corrected chi connectivity index (χ3v) is 2.26. The smallest absolute Gasteiger partial charge is 0.319 e. The molecule has 0 aromatic heterocycles. The molecule has 1 aromatic rings. The number of hydrogen-bond acceptors (Lipinski definition) is 3. The van der Waals surface area contributed by atoms with Crippen molar-refractivity contribution in [2.45, 2.75) is 33.4 Å². The lowest BCUT2D eigenvalue weighted by Gasteiger charge is -2.13. The predicted octanol–water partition coefficient (Wildman–Crippen LogP) is 2.07. The average Bonchev–Trinajstić information content (AvgIpc) is 2.30. The molecule has 0 aliphatic rings. The summed E-state index contributed by atoms with van der Waals surface area (Å²) in [6, 6.07) is 5.31. The van der Waals surface area contributed by atoms with Crippen molar-refractivity contribution in [3.63, 3.8) is 0 Å². The van der Waals surface area contributed by atoms with Crippen LogP contribution < -0.4 is 21.1 Å². The Labute approximate surface area is 108 Å². The largest absolute Gasteiger partial charge is 0.494 e. The molecule has 100 valence electrons. The first-order chi connectivity index (χ1) is 8.56. The van der Waals surface area contributed by atoms with Crippen molar-refractivity contribution >= 4 is 11.7 Å². The van der Waals surface area contributed by atoms with Crippen LogP contribution in [-0.4, -0.2) is 18.7 Å². The van der Waals surface area contributed by atoms with E-state index in [2.05, 4.69) is 10.6 Å². The molecule has 5 heteroatoms. The van der Waals surface area contributed by atoms with Crippen LogP contribution in [0.3, 0.4) is 0 Å². The molecule has 0 saturated carbocycles. The third kappa shape index (κ3) is 4.25. The molecule has 0 unspecified atom stereocenters. The molecule has 1 aromatic carbocycles. The van der Waals surface area contributed by atoms with E-state index in [1.54, 1.807) is 6.07 Å². The molecule has 0 aliphatic carbocycles. The highest BCUT2D eigenvalue weighted by molar-refractivity contribution is 5.89. The molecule has 0 spiro atoms. The van der Waals surface area contributed by atoms with Crippen LogP contribution in [0.1, 0.15) is 26.3 Å². The summed E-state index contributed by atoms with van der Waals surface area (Å²) in [7, 11) is 0. The van der Waals surface area contributed by atoms with Gasteiger partial charge in [-0.25, -0.2) is 4.79 Å². The van der Waals surface area contributed by atoms with Gasteiger partial charge in [0.1, 0.15) is 5.75 Å². The van der Waals surface area contributed by atoms with Gasteiger partial charge < -0.3 is 21.1 Å². The van der Waals surface area contributed by atoms with Gasteiger partial charge in [-0.15, -0.1) is 0 Å². The van der Waals surface area contributed by atoms with Crippen LogP contribution in [0.4, 0.5) is 10.5 Å². The minimum Gasteiger partial charge on any atom is -0.494 e. The predicted molar refractivity (Wildman–Crippen MR) is 72.8 cm³/mol. The summed E-state index contributed by atoms with van der Waals surface area (Å²) in [6.07, 6.45) is 0. The molecule has 4 N–H and O–H groups in total. The second-order valence-electron chi connectivity index (χ2n) is 4.21. The minimum absolute atomic E-state index is 0.0988. The first kappa shape index (κ1) is 14.3. The molecule has 0 aliphatic heterocycles. The molecule has 1 rings (SSSR count). The maximum Gasteiger partial charge on any atom is 0.319 e. The van der Waals surface area contributed by atoms with Crippen LogP contribution in [0.25, 0.3) is 0 Å². The fourth-order valence-electron chi connectivity index (χ4n) is 1.54. The number of carbonyl (C=O) groups excluding carboxylic acids is 1. The van der Waals surface area contributed by atoms with Crippen molar-refractivity contribution in [3.8, 4) is 5.75 Å². The van der Waals surface area contributed by atoms with Gasteiger partial charge in [-0.05, 0) is 39.0 Å². The number of nitrogens with one attached hydrogen (secondary N) is 2. The Kier molecular flexibility index (Phi) is 5.45. The summed E-state index contributed by atoms with van der Waals surface area (Å²) in [5.74, 6) is 0.759. The molecular weight excluding hydrogens is 230 g/mol. The fourth-order valence-corrected chi connectivity index (χ4v) is 1.54. The number of anilines is 1. The monoisotopic (exact) mass is 251 g/mol. The summed E-state index contributed by atoms with van der Waals surface area (Å²) < 4.78 is 5.44. The third-order valence-electron chi connectivity index (χ3n) is 2.26. The van der Waals surface area contributed by atoms with Gasteiger partial charge in [-0.2, -0.15) is 0 Å². The average molecular weight is 251 g/mol. The topological polar surface area (TPSA) is 76.4 Å². The van der Waals surface area contributed by atoms with Crippen molar-refractivity contribution in [1.82, 2.24) is 5.32 Å². The van der Waals surface area contributed by atoms with E-state index in [1.165, 1.54) is 0 Å². The Morgan fingerprint density at radius 1 is 1.44 bits per heavy atom. The molecule has 5 nitrogen and oxygen atoms in total.